The average Bonchev–Trinajstić information content (AvgIpc) is 3.47. The van der Waals surface area contributed by atoms with Crippen LogP contribution in [0.3, 0.4) is 0 Å². The van der Waals surface area contributed by atoms with E-state index in [9.17, 15) is 18.0 Å². The highest BCUT2D eigenvalue weighted by atomic mass is 35.5. The summed E-state index contributed by atoms with van der Waals surface area (Å²) in [5.41, 5.74) is 4.16. The molecule has 0 aliphatic heterocycles. The van der Waals surface area contributed by atoms with Crippen molar-refractivity contribution in [1.82, 2.24) is 10.2 Å². The maximum Gasteiger partial charge on any atom is 0.243 e. The van der Waals surface area contributed by atoms with Crippen molar-refractivity contribution in [2.45, 2.75) is 77.4 Å². The molecule has 10 heteroatoms. The number of carbonyl (C=O) groups excluding carboxylic acids is 2. The van der Waals surface area contributed by atoms with E-state index in [0.29, 0.717) is 22.2 Å². The van der Waals surface area contributed by atoms with Crippen LogP contribution in [0.5, 0.6) is 0 Å². The Bertz CT molecular complexity index is 1540. The molecule has 4 rings (SSSR count). The van der Waals surface area contributed by atoms with Crippen molar-refractivity contribution in [1.29, 1.82) is 0 Å². The van der Waals surface area contributed by atoms with E-state index in [1.165, 1.54) is 10.6 Å². The molecule has 236 valence electrons. The molecule has 0 bridgehead atoms. The third kappa shape index (κ3) is 9.46. The van der Waals surface area contributed by atoms with Gasteiger partial charge < -0.3 is 10.2 Å². The molecular formula is C34H41Cl2N3O4S. The number of nitrogens with zero attached hydrogens (tertiary/aromatic N) is 2. The number of nitrogens with one attached hydrogen (secondary N) is 1. The predicted octanol–water partition coefficient (Wildman–Crippen LogP) is 6.86. The molecule has 7 nitrogen and oxygen atoms in total. The van der Waals surface area contributed by atoms with Gasteiger partial charge in [0.1, 0.15) is 6.04 Å². The van der Waals surface area contributed by atoms with Crippen LogP contribution >= 0.6 is 23.2 Å². The second-order valence-electron chi connectivity index (χ2n) is 11.8. The number of benzene rings is 3. The SMILES string of the molecule is Cc1cc(C)cc(N(CCCC(=O)N(Cc2ccc(Cl)c(Cl)c2)[C@@H](Cc2ccccc2)C(=O)NC2CCCC2)S(C)(=O)=O)c1. The maximum absolute atomic E-state index is 14.1. The molecule has 2 amide bonds. The Morgan fingerprint density at radius 2 is 1.57 bits per heavy atom. The standard InChI is InChI=1S/C34H41Cl2N3O4S/c1-24-18-25(2)20-29(19-24)39(44(3,42)43)17-9-14-33(40)38(23-27-15-16-30(35)31(36)21-27)32(22-26-10-5-4-6-11-26)34(41)37-28-12-7-8-13-28/h4-6,10-11,15-16,18-21,28,32H,7-9,12-14,17,22-23H2,1-3H3,(H,37,41)/t32-/m0/s1. The van der Waals surface area contributed by atoms with Gasteiger partial charge in [0.05, 0.1) is 22.0 Å². The molecule has 0 aromatic heterocycles. The number of sulfonamides is 1. The van der Waals surface area contributed by atoms with Crippen molar-refractivity contribution in [3.8, 4) is 0 Å². The van der Waals surface area contributed by atoms with Gasteiger partial charge in [-0.25, -0.2) is 8.42 Å². The molecule has 1 aliphatic rings. The van der Waals surface area contributed by atoms with Crippen molar-refractivity contribution < 1.29 is 18.0 Å². The van der Waals surface area contributed by atoms with E-state index in [0.717, 1.165) is 47.9 Å². The first-order valence-electron chi connectivity index (χ1n) is 15.0. The van der Waals surface area contributed by atoms with Crippen LogP contribution in [0.25, 0.3) is 0 Å². The van der Waals surface area contributed by atoms with E-state index < -0.39 is 16.1 Å². The molecular weight excluding hydrogens is 617 g/mol. The fourth-order valence-corrected chi connectivity index (χ4v) is 7.12. The van der Waals surface area contributed by atoms with Gasteiger partial charge in [-0.3, -0.25) is 13.9 Å². The Balaban J connectivity index is 1.61. The molecule has 3 aromatic rings. The quantitative estimate of drug-likeness (QED) is 0.218. The summed E-state index contributed by atoms with van der Waals surface area (Å²) in [5.74, 6) is -0.436. The lowest BCUT2D eigenvalue weighted by atomic mass is 10.0. The predicted molar refractivity (Wildman–Crippen MR) is 179 cm³/mol. The molecule has 0 saturated heterocycles. The van der Waals surface area contributed by atoms with E-state index in [2.05, 4.69) is 5.32 Å². The molecule has 0 spiro atoms. The molecule has 1 aliphatic carbocycles. The number of rotatable bonds is 13. The lowest BCUT2D eigenvalue weighted by Gasteiger charge is -2.33. The summed E-state index contributed by atoms with van der Waals surface area (Å²) in [6.45, 7) is 4.12. The largest absolute Gasteiger partial charge is 0.352 e. The van der Waals surface area contributed by atoms with E-state index in [1.807, 2.05) is 62.4 Å². The highest BCUT2D eigenvalue weighted by molar-refractivity contribution is 7.92. The molecule has 3 aromatic carbocycles. The second-order valence-corrected chi connectivity index (χ2v) is 14.5. The van der Waals surface area contributed by atoms with Crippen LogP contribution < -0.4 is 9.62 Å². The highest BCUT2D eigenvalue weighted by Gasteiger charge is 2.32. The summed E-state index contributed by atoms with van der Waals surface area (Å²) in [5, 5.41) is 3.97. The van der Waals surface area contributed by atoms with Crippen LogP contribution in [0.4, 0.5) is 5.69 Å². The van der Waals surface area contributed by atoms with Crippen LogP contribution in [0.2, 0.25) is 10.0 Å². The number of hydrogen-bond donors (Lipinski definition) is 1. The number of amides is 2. The van der Waals surface area contributed by atoms with Crippen LogP contribution in [-0.2, 0) is 32.6 Å². The van der Waals surface area contributed by atoms with Gasteiger partial charge in [0.2, 0.25) is 21.8 Å². The summed E-state index contributed by atoms with van der Waals surface area (Å²) in [7, 11) is -3.59. The van der Waals surface area contributed by atoms with Crippen LogP contribution in [0.1, 0.15) is 60.8 Å². The van der Waals surface area contributed by atoms with Gasteiger partial charge in [0, 0.05) is 32.0 Å². The zero-order valence-electron chi connectivity index (χ0n) is 25.6. The molecule has 1 saturated carbocycles. The average molecular weight is 659 g/mol. The molecule has 1 fully saturated rings. The number of carbonyl (C=O) groups is 2. The Labute approximate surface area is 271 Å². The van der Waals surface area contributed by atoms with Crippen LogP contribution in [-0.4, -0.2) is 50.0 Å². The Hall–Kier alpha value is -3.07. The van der Waals surface area contributed by atoms with Gasteiger partial charge in [-0.15, -0.1) is 0 Å². The first kappa shape index (κ1) is 33.8. The van der Waals surface area contributed by atoms with E-state index >= 15 is 0 Å². The zero-order chi connectivity index (χ0) is 31.9. The summed E-state index contributed by atoms with van der Waals surface area (Å²) in [6.07, 6.45) is 5.82. The number of aryl methyl sites for hydroxylation is 2. The zero-order valence-corrected chi connectivity index (χ0v) is 27.9. The minimum absolute atomic E-state index is 0.0557. The van der Waals surface area contributed by atoms with Crippen molar-refractivity contribution in [2.24, 2.45) is 0 Å². The molecule has 0 heterocycles. The first-order valence-corrected chi connectivity index (χ1v) is 17.6. The smallest absolute Gasteiger partial charge is 0.243 e. The third-order valence-electron chi connectivity index (χ3n) is 7.96. The molecule has 44 heavy (non-hydrogen) atoms. The minimum Gasteiger partial charge on any atom is -0.352 e. The third-order valence-corrected chi connectivity index (χ3v) is 9.89. The number of halogens is 2. The molecule has 0 unspecified atom stereocenters. The summed E-state index contributed by atoms with van der Waals surface area (Å²) >= 11 is 12.5. The van der Waals surface area contributed by atoms with Gasteiger partial charge >= 0.3 is 0 Å². The van der Waals surface area contributed by atoms with Crippen molar-refractivity contribution in [3.05, 3.63) is 99.0 Å². The van der Waals surface area contributed by atoms with E-state index in [4.69, 9.17) is 23.2 Å². The Morgan fingerprint density at radius 1 is 0.909 bits per heavy atom. The minimum atomic E-state index is -3.59. The monoisotopic (exact) mass is 657 g/mol. The maximum atomic E-state index is 14.1. The van der Waals surface area contributed by atoms with Gasteiger partial charge in [-0.05, 0) is 79.6 Å². The lowest BCUT2D eigenvalue weighted by Crippen LogP contribution is -2.52. The van der Waals surface area contributed by atoms with Gasteiger partial charge in [-0.2, -0.15) is 0 Å². The number of hydrogen-bond acceptors (Lipinski definition) is 4. The summed E-state index contributed by atoms with van der Waals surface area (Å²) in [4.78, 5) is 29.6. The fraction of sp³-hybridized carbons (Fsp3) is 0.412. The second kappa shape index (κ2) is 15.3. The molecule has 1 atom stereocenters. The Morgan fingerprint density at radius 3 is 2.18 bits per heavy atom. The lowest BCUT2D eigenvalue weighted by molar-refractivity contribution is -0.141. The van der Waals surface area contributed by atoms with Gasteiger partial charge in [0.25, 0.3) is 0 Å². The Kier molecular flexibility index (Phi) is 11.7. The van der Waals surface area contributed by atoms with E-state index in [1.54, 1.807) is 23.1 Å². The topological polar surface area (TPSA) is 86.8 Å². The van der Waals surface area contributed by atoms with Gasteiger partial charge in [0.15, 0.2) is 0 Å². The van der Waals surface area contributed by atoms with Crippen molar-refractivity contribution >= 4 is 50.7 Å². The van der Waals surface area contributed by atoms with E-state index in [-0.39, 0.29) is 43.8 Å². The molecule has 1 N–H and O–H groups in total. The van der Waals surface area contributed by atoms with Crippen LogP contribution in [0.15, 0.2) is 66.7 Å². The fourth-order valence-electron chi connectivity index (χ4n) is 5.85. The molecule has 0 radical (unpaired) electrons. The first-order chi connectivity index (χ1) is 20.9. The van der Waals surface area contributed by atoms with Crippen molar-refractivity contribution in [2.75, 3.05) is 17.1 Å². The van der Waals surface area contributed by atoms with Gasteiger partial charge in [-0.1, -0.05) is 78.5 Å². The van der Waals surface area contributed by atoms with Crippen LogP contribution in [0, 0.1) is 13.8 Å². The summed E-state index contributed by atoms with van der Waals surface area (Å²) < 4.78 is 26.9. The van der Waals surface area contributed by atoms with Crippen molar-refractivity contribution in [3.63, 3.8) is 0 Å². The summed E-state index contributed by atoms with van der Waals surface area (Å²) in [6, 6.07) is 19.8. The highest BCUT2D eigenvalue weighted by Crippen LogP contribution is 2.26. The number of anilines is 1. The normalized spacial score (nSPS) is 14.3.